The highest BCUT2D eigenvalue weighted by Gasteiger charge is 2.26. The Morgan fingerprint density at radius 2 is 0.761 bits per heavy atom. The summed E-state index contributed by atoms with van der Waals surface area (Å²) in [5.74, 6) is 0. The molecule has 0 aliphatic carbocycles. The van der Waals surface area contributed by atoms with E-state index in [2.05, 4.69) is 25.3 Å². The van der Waals surface area contributed by atoms with Crippen molar-refractivity contribution in [1.82, 2.24) is 14.7 Å². The number of thiol groups is 2. The summed E-state index contributed by atoms with van der Waals surface area (Å²) in [6.45, 7) is 18.6. The van der Waals surface area contributed by atoms with Crippen LogP contribution in [0.5, 0.6) is 0 Å². The van der Waals surface area contributed by atoms with E-state index in [1.165, 1.54) is 0 Å². The van der Waals surface area contributed by atoms with Gasteiger partial charge in [0.1, 0.15) is 16.8 Å². The molecule has 0 aromatic heterocycles. The summed E-state index contributed by atoms with van der Waals surface area (Å²) in [4.78, 5) is 46.1. The lowest BCUT2D eigenvalue weighted by atomic mass is 10.2. The molecule has 0 heterocycles. The van der Waals surface area contributed by atoms with Gasteiger partial charge in [-0.3, -0.25) is 0 Å². The predicted molar refractivity (Wildman–Crippen MR) is 188 cm³/mol. The summed E-state index contributed by atoms with van der Waals surface area (Å²) in [6, 6.07) is 15.2. The first-order valence-corrected chi connectivity index (χ1v) is 16.6. The molecule has 0 N–H and O–H groups in total. The maximum atomic E-state index is 13.3. The number of nitrogens with zero attached hydrogens (tertiary/aromatic N) is 3. The zero-order valence-corrected chi connectivity index (χ0v) is 30.8. The first-order valence-electron chi connectivity index (χ1n) is 15.7. The van der Waals surface area contributed by atoms with E-state index in [4.69, 9.17) is 14.2 Å². The van der Waals surface area contributed by atoms with Crippen LogP contribution in [0, 0.1) is 0 Å². The van der Waals surface area contributed by atoms with Crippen LogP contribution in [-0.2, 0) is 27.3 Å². The lowest BCUT2D eigenvalue weighted by molar-refractivity contribution is 0.0178. The van der Waals surface area contributed by atoms with E-state index in [0.29, 0.717) is 52.1 Å². The van der Waals surface area contributed by atoms with Crippen molar-refractivity contribution in [3.05, 3.63) is 59.7 Å². The van der Waals surface area contributed by atoms with E-state index in [1.807, 2.05) is 111 Å². The van der Waals surface area contributed by atoms with Gasteiger partial charge in [0.2, 0.25) is 0 Å². The number of hydrogen-bond acceptors (Lipinski definition) is 8. The fourth-order valence-corrected chi connectivity index (χ4v) is 4.59. The molecule has 0 unspecified atom stereocenters. The molecule has 0 fully saturated rings. The molecule has 0 spiro atoms. The van der Waals surface area contributed by atoms with Crippen molar-refractivity contribution < 1.29 is 28.6 Å². The molecule has 46 heavy (non-hydrogen) atoms. The third-order valence-corrected chi connectivity index (χ3v) is 6.88. The molecule has 9 nitrogen and oxygen atoms in total. The molecule has 2 rings (SSSR count). The van der Waals surface area contributed by atoms with Crippen LogP contribution in [0.1, 0.15) is 86.3 Å². The Balaban J connectivity index is 2.16. The monoisotopic (exact) mass is 675 g/mol. The largest absolute Gasteiger partial charge is 0.444 e. The number of ether oxygens (including phenoxy) is 3. The second kappa shape index (κ2) is 17.2. The molecule has 0 saturated carbocycles. The Morgan fingerprint density at radius 3 is 1.04 bits per heavy atom. The molecule has 3 amide bonds. The van der Waals surface area contributed by atoms with Gasteiger partial charge in [-0.05, 0) is 111 Å². The van der Waals surface area contributed by atoms with Gasteiger partial charge in [-0.15, -0.1) is 25.3 Å². The van der Waals surface area contributed by atoms with Gasteiger partial charge in [0.05, 0.1) is 0 Å². The van der Waals surface area contributed by atoms with Crippen LogP contribution in [0.3, 0.4) is 0 Å². The summed E-state index contributed by atoms with van der Waals surface area (Å²) < 4.78 is 17.1. The minimum atomic E-state index is -0.682. The Bertz CT molecular complexity index is 1180. The van der Waals surface area contributed by atoms with E-state index in [9.17, 15) is 14.4 Å². The number of amides is 3. The maximum absolute atomic E-state index is 13.3. The SMILES string of the molecule is CC(C)(C)OC(=O)N(CCCN(Cc1ccc(S)cc1)C(=O)OC(C)(C)C)CCCN(Cc1ccc(S)cc1)C(=O)OC(C)(C)C. The van der Waals surface area contributed by atoms with E-state index >= 15 is 0 Å². The van der Waals surface area contributed by atoms with Crippen LogP contribution in [0.15, 0.2) is 58.3 Å². The van der Waals surface area contributed by atoms with Gasteiger partial charge in [0, 0.05) is 49.1 Å². The lowest BCUT2D eigenvalue weighted by Gasteiger charge is -2.31. The average Bonchev–Trinajstić information content (AvgIpc) is 2.90. The Kier molecular flexibility index (Phi) is 14.6. The van der Waals surface area contributed by atoms with Crippen molar-refractivity contribution in [3.63, 3.8) is 0 Å². The van der Waals surface area contributed by atoms with Crippen molar-refractivity contribution in [2.75, 3.05) is 26.2 Å². The lowest BCUT2D eigenvalue weighted by Crippen LogP contribution is -2.42. The minimum absolute atomic E-state index is 0.347. The minimum Gasteiger partial charge on any atom is -0.444 e. The summed E-state index contributed by atoms with van der Waals surface area (Å²) in [7, 11) is 0. The molecule has 256 valence electrons. The number of benzene rings is 2. The van der Waals surface area contributed by atoms with E-state index < -0.39 is 35.1 Å². The first kappa shape index (κ1) is 39.1. The van der Waals surface area contributed by atoms with Gasteiger partial charge < -0.3 is 28.9 Å². The molecule has 0 aliphatic heterocycles. The van der Waals surface area contributed by atoms with Gasteiger partial charge in [0.15, 0.2) is 0 Å². The van der Waals surface area contributed by atoms with Gasteiger partial charge in [-0.25, -0.2) is 14.4 Å². The van der Waals surface area contributed by atoms with Crippen molar-refractivity contribution >= 4 is 43.5 Å². The molecule has 0 bridgehead atoms. The molecule has 2 aromatic carbocycles. The summed E-state index contributed by atoms with van der Waals surface area (Å²) in [5, 5.41) is 0. The summed E-state index contributed by atoms with van der Waals surface area (Å²) in [5.41, 5.74) is -0.0973. The zero-order chi connectivity index (χ0) is 34.7. The van der Waals surface area contributed by atoms with Crippen LogP contribution in [0.4, 0.5) is 14.4 Å². The third-order valence-electron chi connectivity index (χ3n) is 6.29. The van der Waals surface area contributed by atoms with Crippen LogP contribution in [0.25, 0.3) is 0 Å². The van der Waals surface area contributed by atoms with E-state index in [0.717, 1.165) is 20.9 Å². The molecular weight excluding hydrogens is 623 g/mol. The highest BCUT2D eigenvalue weighted by atomic mass is 32.1. The fraction of sp³-hybridized carbons (Fsp3) is 0.571. The van der Waals surface area contributed by atoms with Crippen molar-refractivity contribution in [1.29, 1.82) is 0 Å². The molecule has 0 radical (unpaired) electrons. The second-order valence-corrected chi connectivity index (χ2v) is 15.3. The Labute approximate surface area is 286 Å². The van der Waals surface area contributed by atoms with E-state index in [-0.39, 0.29) is 0 Å². The van der Waals surface area contributed by atoms with Crippen LogP contribution >= 0.6 is 25.3 Å². The molecule has 0 saturated heterocycles. The fourth-order valence-electron chi connectivity index (χ4n) is 4.29. The number of hydrogen-bond donors (Lipinski definition) is 2. The van der Waals surface area contributed by atoms with Crippen LogP contribution < -0.4 is 0 Å². The zero-order valence-electron chi connectivity index (χ0n) is 29.0. The Hall–Kier alpha value is -3.05. The molecule has 2 aromatic rings. The van der Waals surface area contributed by atoms with E-state index in [1.54, 1.807) is 14.7 Å². The topological polar surface area (TPSA) is 88.6 Å². The highest BCUT2D eigenvalue weighted by molar-refractivity contribution is 7.80. The predicted octanol–water partition coefficient (Wildman–Crippen LogP) is 8.46. The number of rotatable bonds is 12. The van der Waals surface area contributed by atoms with Crippen LogP contribution in [-0.4, -0.2) is 76.0 Å². The van der Waals surface area contributed by atoms with Gasteiger partial charge in [-0.2, -0.15) is 0 Å². The smallest absolute Gasteiger partial charge is 0.410 e. The quantitative estimate of drug-likeness (QED) is 0.173. The molecule has 11 heteroatoms. The number of carbonyl (C=O) groups excluding carboxylic acids is 3. The summed E-state index contributed by atoms with van der Waals surface area (Å²) >= 11 is 8.72. The van der Waals surface area contributed by atoms with Gasteiger partial charge in [-0.1, -0.05) is 24.3 Å². The van der Waals surface area contributed by atoms with Crippen LogP contribution in [0.2, 0.25) is 0 Å². The van der Waals surface area contributed by atoms with Crippen molar-refractivity contribution in [2.24, 2.45) is 0 Å². The normalized spacial score (nSPS) is 11.9. The third kappa shape index (κ3) is 16.0. The molecular formula is C35H53N3O6S2. The second-order valence-electron chi connectivity index (χ2n) is 14.3. The van der Waals surface area contributed by atoms with Crippen molar-refractivity contribution in [3.8, 4) is 0 Å². The van der Waals surface area contributed by atoms with Gasteiger partial charge in [0.25, 0.3) is 0 Å². The first-order chi connectivity index (χ1) is 21.2. The molecule has 0 atom stereocenters. The standard InChI is InChI=1S/C35H53N3O6S2/c1-33(2,3)42-30(39)36(20-10-22-37(31(40)43-34(4,5)6)24-26-12-16-28(45)17-13-26)21-11-23-38(32(41)44-35(7,8)9)25-27-14-18-29(46)19-15-27/h12-19,45-46H,10-11,20-25H2,1-9H3. The highest BCUT2D eigenvalue weighted by Crippen LogP contribution is 2.18. The number of carbonyl (C=O) groups is 3. The van der Waals surface area contributed by atoms with Gasteiger partial charge >= 0.3 is 18.3 Å². The average molecular weight is 676 g/mol. The van der Waals surface area contributed by atoms with Crippen molar-refractivity contribution in [2.45, 2.75) is 115 Å². The summed E-state index contributed by atoms with van der Waals surface area (Å²) in [6.07, 6.45) is -0.311. The Morgan fingerprint density at radius 1 is 0.500 bits per heavy atom. The maximum Gasteiger partial charge on any atom is 0.410 e. The molecule has 0 aliphatic rings.